The van der Waals surface area contributed by atoms with Crippen molar-refractivity contribution in [2.75, 3.05) is 20.2 Å². The lowest BCUT2D eigenvalue weighted by atomic mass is 10.1. The SMILES string of the molecule is CN(CCO)C(=O)CCc1ccc(OC(F)F)cc1. The molecule has 1 amide bonds. The second-order valence-electron chi connectivity index (χ2n) is 4.06. The van der Waals surface area contributed by atoms with E-state index in [0.29, 0.717) is 19.4 Å². The monoisotopic (exact) mass is 273 g/mol. The lowest BCUT2D eigenvalue weighted by Crippen LogP contribution is -2.29. The lowest BCUT2D eigenvalue weighted by Gasteiger charge is -2.15. The van der Waals surface area contributed by atoms with Crippen molar-refractivity contribution in [2.45, 2.75) is 19.5 Å². The second-order valence-corrected chi connectivity index (χ2v) is 4.06. The first kappa shape index (κ1) is 15.4. The molecule has 1 N–H and O–H groups in total. The largest absolute Gasteiger partial charge is 0.435 e. The minimum Gasteiger partial charge on any atom is -0.435 e. The molecule has 0 radical (unpaired) electrons. The summed E-state index contributed by atoms with van der Waals surface area (Å²) in [6, 6.07) is 6.20. The molecule has 0 saturated carbocycles. The van der Waals surface area contributed by atoms with Crippen LogP contribution in [0.15, 0.2) is 24.3 Å². The van der Waals surface area contributed by atoms with E-state index in [1.807, 2.05) is 0 Å². The highest BCUT2D eigenvalue weighted by Gasteiger charge is 2.08. The van der Waals surface area contributed by atoms with E-state index in [1.54, 1.807) is 19.2 Å². The first-order chi connectivity index (χ1) is 9.02. The van der Waals surface area contributed by atoms with Gasteiger partial charge in [-0.25, -0.2) is 0 Å². The highest BCUT2D eigenvalue weighted by Crippen LogP contribution is 2.15. The van der Waals surface area contributed by atoms with Crippen LogP contribution in [-0.2, 0) is 11.2 Å². The van der Waals surface area contributed by atoms with Gasteiger partial charge in [-0.3, -0.25) is 4.79 Å². The molecule has 0 saturated heterocycles. The van der Waals surface area contributed by atoms with Crippen LogP contribution >= 0.6 is 0 Å². The maximum Gasteiger partial charge on any atom is 0.387 e. The van der Waals surface area contributed by atoms with Crippen molar-refractivity contribution < 1.29 is 23.4 Å². The van der Waals surface area contributed by atoms with Crippen molar-refractivity contribution >= 4 is 5.91 Å². The number of benzene rings is 1. The van der Waals surface area contributed by atoms with Crippen LogP contribution < -0.4 is 4.74 Å². The van der Waals surface area contributed by atoms with Gasteiger partial charge in [0.15, 0.2) is 0 Å². The van der Waals surface area contributed by atoms with Gasteiger partial charge >= 0.3 is 6.61 Å². The number of carbonyl (C=O) groups excluding carboxylic acids is 1. The van der Waals surface area contributed by atoms with Gasteiger partial charge in [-0.2, -0.15) is 8.78 Å². The molecule has 0 aromatic heterocycles. The Hall–Kier alpha value is -1.69. The van der Waals surface area contributed by atoms with Gasteiger partial charge in [-0.15, -0.1) is 0 Å². The molecule has 6 heteroatoms. The summed E-state index contributed by atoms with van der Waals surface area (Å²) in [5, 5.41) is 8.70. The number of halogens is 2. The van der Waals surface area contributed by atoms with Crippen molar-refractivity contribution in [3.63, 3.8) is 0 Å². The van der Waals surface area contributed by atoms with E-state index in [-0.39, 0.29) is 18.3 Å². The van der Waals surface area contributed by atoms with Gasteiger partial charge in [-0.1, -0.05) is 12.1 Å². The van der Waals surface area contributed by atoms with E-state index in [0.717, 1.165) is 5.56 Å². The van der Waals surface area contributed by atoms with Crippen LogP contribution in [0.5, 0.6) is 5.75 Å². The molecule has 1 aromatic carbocycles. The van der Waals surface area contributed by atoms with Gasteiger partial charge in [0.1, 0.15) is 5.75 Å². The zero-order valence-electron chi connectivity index (χ0n) is 10.7. The number of hydrogen-bond donors (Lipinski definition) is 1. The number of aliphatic hydroxyl groups excluding tert-OH is 1. The number of aryl methyl sites for hydroxylation is 1. The van der Waals surface area contributed by atoms with Crippen molar-refractivity contribution in [1.82, 2.24) is 4.90 Å². The van der Waals surface area contributed by atoms with Crippen LogP contribution in [-0.4, -0.2) is 42.7 Å². The smallest absolute Gasteiger partial charge is 0.387 e. The maximum atomic E-state index is 11.9. The van der Waals surface area contributed by atoms with Gasteiger partial charge in [0.2, 0.25) is 5.91 Å². The number of nitrogens with zero attached hydrogens (tertiary/aromatic N) is 1. The van der Waals surface area contributed by atoms with Crippen LogP contribution in [0.1, 0.15) is 12.0 Å². The van der Waals surface area contributed by atoms with Crippen LogP contribution in [0.3, 0.4) is 0 Å². The highest BCUT2D eigenvalue weighted by atomic mass is 19.3. The molecule has 0 unspecified atom stereocenters. The van der Waals surface area contributed by atoms with Gasteiger partial charge in [0.05, 0.1) is 6.61 Å². The molecular weight excluding hydrogens is 256 g/mol. The molecule has 0 aliphatic rings. The summed E-state index contributed by atoms with van der Waals surface area (Å²) in [6.45, 7) is -2.60. The number of rotatable bonds is 7. The molecule has 0 aliphatic carbocycles. The van der Waals surface area contributed by atoms with Crippen LogP contribution in [0, 0.1) is 0 Å². The summed E-state index contributed by atoms with van der Waals surface area (Å²) in [6.07, 6.45) is 0.828. The standard InChI is InChI=1S/C13H17F2NO3/c1-16(8-9-17)12(18)7-4-10-2-5-11(6-3-10)19-13(14)15/h2-3,5-6,13,17H,4,7-9H2,1H3. The minimum absolute atomic E-state index is 0.0676. The Kier molecular flexibility index (Phi) is 6.21. The van der Waals surface area contributed by atoms with Crippen LogP contribution in [0.2, 0.25) is 0 Å². The van der Waals surface area contributed by atoms with Gasteiger partial charge < -0.3 is 14.7 Å². The summed E-state index contributed by atoms with van der Waals surface area (Å²) in [4.78, 5) is 13.1. The van der Waals surface area contributed by atoms with E-state index in [2.05, 4.69) is 4.74 Å². The summed E-state index contributed by atoms with van der Waals surface area (Å²) in [5.74, 6) is 0.0319. The summed E-state index contributed by atoms with van der Waals surface area (Å²) in [5.41, 5.74) is 0.868. The van der Waals surface area contributed by atoms with E-state index < -0.39 is 6.61 Å². The molecule has 19 heavy (non-hydrogen) atoms. The van der Waals surface area contributed by atoms with Gasteiger partial charge in [0.25, 0.3) is 0 Å². The number of amides is 1. The van der Waals surface area contributed by atoms with Crippen molar-refractivity contribution in [3.05, 3.63) is 29.8 Å². The fraction of sp³-hybridized carbons (Fsp3) is 0.462. The third kappa shape index (κ3) is 5.65. The zero-order valence-corrected chi connectivity index (χ0v) is 10.7. The zero-order chi connectivity index (χ0) is 14.3. The molecule has 1 aromatic rings. The third-order valence-electron chi connectivity index (χ3n) is 2.64. The summed E-state index contributed by atoms with van der Waals surface area (Å²) >= 11 is 0. The first-order valence-electron chi connectivity index (χ1n) is 5.91. The third-order valence-corrected chi connectivity index (χ3v) is 2.64. The van der Waals surface area contributed by atoms with Crippen molar-refractivity contribution in [1.29, 1.82) is 0 Å². The molecule has 0 bridgehead atoms. The summed E-state index contributed by atoms with van der Waals surface area (Å²) < 4.78 is 28.1. The number of alkyl halides is 2. The number of aliphatic hydroxyl groups is 1. The van der Waals surface area contributed by atoms with Crippen molar-refractivity contribution in [3.8, 4) is 5.75 Å². The van der Waals surface area contributed by atoms with Crippen LogP contribution in [0.25, 0.3) is 0 Å². The Balaban J connectivity index is 2.43. The molecule has 106 valence electrons. The topological polar surface area (TPSA) is 49.8 Å². The number of hydrogen-bond acceptors (Lipinski definition) is 3. The molecule has 0 heterocycles. The summed E-state index contributed by atoms with van der Waals surface area (Å²) in [7, 11) is 1.62. The van der Waals surface area contributed by atoms with Gasteiger partial charge in [-0.05, 0) is 24.1 Å². The molecule has 1 rings (SSSR count). The molecule has 4 nitrogen and oxygen atoms in total. The average molecular weight is 273 g/mol. The quantitative estimate of drug-likeness (QED) is 0.822. The predicted octanol–water partition coefficient (Wildman–Crippen LogP) is 1.67. The van der Waals surface area contributed by atoms with Gasteiger partial charge in [0, 0.05) is 20.0 Å². The van der Waals surface area contributed by atoms with E-state index >= 15 is 0 Å². The Morgan fingerprint density at radius 2 is 2.00 bits per heavy atom. The second kappa shape index (κ2) is 7.68. The predicted molar refractivity (Wildman–Crippen MR) is 66.1 cm³/mol. The van der Waals surface area contributed by atoms with Crippen LogP contribution in [0.4, 0.5) is 8.78 Å². The molecule has 0 spiro atoms. The Morgan fingerprint density at radius 1 is 1.37 bits per heavy atom. The Labute approximate surface area is 110 Å². The number of carbonyl (C=O) groups is 1. The normalized spacial score (nSPS) is 10.6. The molecule has 0 atom stereocenters. The lowest BCUT2D eigenvalue weighted by molar-refractivity contribution is -0.130. The fourth-order valence-corrected chi connectivity index (χ4v) is 1.55. The fourth-order valence-electron chi connectivity index (χ4n) is 1.55. The molecule has 0 fully saturated rings. The molecular formula is C13H17F2NO3. The minimum atomic E-state index is -2.83. The van der Waals surface area contributed by atoms with E-state index in [9.17, 15) is 13.6 Å². The molecule has 0 aliphatic heterocycles. The average Bonchev–Trinajstić information content (AvgIpc) is 2.37. The Morgan fingerprint density at radius 3 is 2.53 bits per heavy atom. The number of likely N-dealkylation sites (N-methyl/N-ethyl adjacent to an activating group) is 1. The highest BCUT2D eigenvalue weighted by molar-refractivity contribution is 5.76. The van der Waals surface area contributed by atoms with Crippen molar-refractivity contribution in [2.24, 2.45) is 0 Å². The Bertz CT molecular complexity index is 395. The first-order valence-corrected chi connectivity index (χ1v) is 5.91. The van der Waals surface area contributed by atoms with E-state index in [4.69, 9.17) is 5.11 Å². The maximum absolute atomic E-state index is 11.9. The van der Waals surface area contributed by atoms with E-state index in [1.165, 1.54) is 17.0 Å². The number of ether oxygens (including phenoxy) is 1.